The van der Waals surface area contributed by atoms with E-state index >= 15 is 0 Å². The molecular formula is C13H16N2OS. The molecule has 2 rings (SSSR count). The Morgan fingerprint density at radius 2 is 2.12 bits per heavy atom. The summed E-state index contributed by atoms with van der Waals surface area (Å²) in [6.07, 6.45) is 0.770. The fourth-order valence-corrected chi connectivity index (χ4v) is 2.39. The van der Waals surface area contributed by atoms with E-state index in [1.54, 1.807) is 11.3 Å². The lowest BCUT2D eigenvalue weighted by atomic mass is 10.1. The van der Waals surface area contributed by atoms with E-state index in [1.165, 1.54) is 16.7 Å². The van der Waals surface area contributed by atoms with Crippen molar-refractivity contribution >= 4 is 11.3 Å². The van der Waals surface area contributed by atoms with E-state index in [9.17, 15) is 0 Å². The van der Waals surface area contributed by atoms with Crippen LogP contribution < -0.4 is 5.90 Å². The van der Waals surface area contributed by atoms with Gasteiger partial charge in [0.2, 0.25) is 0 Å². The Labute approximate surface area is 105 Å². The summed E-state index contributed by atoms with van der Waals surface area (Å²) in [7, 11) is 0. The molecule has 0 saturated heterocycles. The Hall–Kier alpha value is -1.23. The van der Waals surface area contributed by atoms with E-state index in [1.807, 2.05) is 0 Å². The van der Waals surface area contributed by atoms with Crippen LogP contribution in [0.4, 0.5) is 0 Å². The molecule has 0 radical (unpaired) electrons. The molecule has 1 aromatic heterocycles. The first-order chi connectivity index (χ1) is 8.20. The second-order valence-electron chi connectivity index (χ2n) is 4.05. The van der Waals surface area contributed by atoms with Gasteiger partial charge in [0.25, 0.3) is 0 Å². The highest BCUT2D eigenvalue weighted by Gasteiger charge is 2.05. The molecule has 0 spiro atoms. The molecule has 0 aliphatic carbocycles. The van der Waals surface area contributed by atoms with Gasteiger partial charge in [-0.3, -0.25) is 0 Å². The Balaban J connectivity index is 2.21. The normalized spacial score (nSPS) is 10.8. The largest absolute Gasteiger partial charge is 0.304 e. The molecule has 0 saturated carbocycles. The van der Waals surface area contributed by atoms with E-state index in [-0.39, 0.29) is 0 Å². The highest BCUT2D eigenvalue weighted by molar-refractivity contribution is 7.09. The molecule has 4 heteroatoms. The van der Waals surface area contributed by atoms with Crippen LogP contribution in [0.1, 0.15) is 16.1 Å². The van der Waals surface area contributed by atoms with Crippen molar-refractivity contribution in [1.82, 2.24) is 4.98 Å². The molecule has 0 fully saturated rings. The monoisotopic (exact) mass is 248 g/mol. The number of aryl methyl sites for hydroxylation is 2. The van der Waals surface area contributed by atoms with E-state index in [2.05, 4.69) is 47.2 Å². The van der Waals surface area contributed by atoms with Crippen LogP contribution in [0.3, 0.4) is 0 Å². The first-order valence-corrected chi connectivity index (χ1v) is 6.42. The minimum absolute atomic E-state index is 0.514. The van der Waals surface area contributed by atoms with Crippen molar-refractivity contribution in [3.05, 3.63) is 39.7 Å². The second kappa shape index (κ2) is 5.40. The van der Waals surface area contributed by atoms with Crippen LogP contribution in [0.15, 0.2) is 23.6 Å². The molecule has 1 heterocycles. The third-order valence-corrected chi connectivity index (χ3v) is 3.70. The van der Waals surface area contributed by atoms with Crippen LogP contribution >= 0.6 is 11.3 Å². The maximum absolute atomic E-state index is 5.01. The number of hydrogen-bond acceptors (Lipinski definition) is 4. The molecule has 0 amide bonds. The lowest BCUT2D eigenvalue weighted by molar-refractivity contribution is 0.141. The number of aromatic nitrogens is 1. The fraction of sp³-hybridized carbons (Fsp3) is 0.308. The summed E-state index contributed by atoms with van der Waals surface area (Å²) >= 11 is 1.65. The van der Waals surface area contributed by atoms with Gasteiger partial charge in [0.05, 0.1) is 17.3 Å². The standard InChI is InChI=1S/C13H16N2OS/c1-9-3-4-11(7-10(9)2)12-8-17-13(15-12)5-6-16-14/h3-4,7-8H,5-6,14H2,1-2H3. The predicted octanol–water partition coefficient (Wildman–Crippen LogP) is 2.86. The van der Waals surface area contributed by atoms with Crippen LogP contribution in [0.5, 0.6) is 0 Å². The molecule has 1 aromatic carbocycles. The van der Waals surface area contributed by atoms with Gasteiger partial charge in [-0.2, -0.15) is 0 Å². The quantitative estimate of drug-likeness (QED) is 0.846. The molecule has 0 unspecified atom stereocenters. The van der Waals surface area contributed by atoms with Crippen molar-refractivity contribution in [2.24, 2.45) is 5.90 Å². The molecule has 0 aliphatic rings. The predicted molar refractivity (Wildman–Crippen MR) is 70.9 cm³/mol. The van der Waals surface area contributed by atoms with Gasteiger partial charge >= 0.3 is 0 Å². The molecule has 2 aromatic rings. The lowest BCUT2D eigenvalue weighted by Crippen LogP contribution is -2.03. The summed E-state index contributed by atoms with van der Waals surface area (Å²) in [5, 5.41) is 3.14. The van der Waals surface area contributed by atoms with Gasteiger partial charge in [-0.1, -0.05) is 12.1 Å². The molecule has 0 aliphatic heterocycles. The molecule has 17 heavy (non-hydrogen) atoms. The Morgan fingerprint density at radius 1 is 1.29 bits per heavy atom. The maximum atomic E-state index is 5.01. The highest BCUT2D eigenvalue weighted by atomic mass is 32.1. The van der Waals surface area contributed by atoms with Crippen molar-refractivity contribution in [2.75, 3.05) is 6.61 Å². The van der Waals surface area contributed by atoms with Gasteiger partial charge in [0, 0.05) is 17.4 Å². The summed E-state index contributed by atoms with van der Waals surface area (Å²) in [6.45, 7) is 4.75. The summed E-state index contributed by atoms with van der Waals surface area (Å²) < 4.78 is 0. The zero-order valence-electron chi connectivity index (χ0n) is 10.1. The topological polar surface area (TPSA) is 48.1 Å². The Kier molecular flexibility index (Phi) is 3.89. The van der Waals surface area contributed by atoms with Crippen molar-refractivity contribution in [2.45, 2.75) is 20.3 Å². The Bertz CT molecular complexity index is 508. The van der Waals surface area contributed by atoms with Crippen LogP contribution in [-0.4, -0.2) is 11.6 Å². The van der Waals surface area contributed by atoms with E-state index in [4.69, 9.17) is 5.90 Å². The van der Waals surface area contributed by atoms with Gasteiger partial charge in [0.1, 0.15) is 0 Å². The average Bonchev–Trinajstić information content (AvgIpc) is 2.79. The van der Waals surface area contributed by atoms with E-state index in [0.717, 1.165) is 17.1 Å². The van der Waals surface area contributed by atoms with Crippen LogP contribution in [0.2, 0.25) is 0 Å². The molecule has 2 N–H and O–H groups in total. The van der Waals surface area contributed by atoms with Crippen LogP contribution in [-0.2, 0) is 11.3 Å². The summed E-state index contributed by atoms with van der Waals surface area (Å²) in [6, 6.07) is 6.42. The third-order valence-electron chi connectivity index (χ3n) is 2.79. The number of hydrogen-bond donors (Lipinski definition) is 1. The third kappa shape index (κ3) is 2.91. The van der Waals surface area contributed by atoms with Crippen molar-refractivity contribution in [3.63, 3.8) is 0 Å². The summed E-state index contributed by atoms with van der Waals surface area (Å²) in [5.41, 5.74) is 4.80. The summed E-state index contributed by atoms with van der Waals surface area (Å²) in [5.74, 6) is 5.01. The minimum Gasteiger partial charge on any atom is -0.304 e. The molecule has 90 valence electrons. The number of thiazole rings is 1. The van der Waals surface area contributed by atoms with E-state index < -0.39 is 0 Å². The molecular weight excluding hydrogens is 232 g/mol. The Morgan fingerprint density at radius 3 is 2.82 bits per heavy atom. The van der Waals surface area contributed by atoms with Gasteiger partial charge in [-0.15, -0.1) is 11.3 Å². The molecule has 3 nitrogen and oxygen atoms in total. The first-order valence-electron chi connectivity index (χ1n) is 5.54. The minimum atomic E-state index is 0.514. The van der Waals surface area contributed by atoms with Gasteiger partial charge in [-0.25, -0.2) is 10.9 Å². The van der Waals surface area contributed by atoms with Crippen LogP contribution in [0, 0.1) is 13.8 Å². The smallest absolute Gasteiger partial charge is 0.0956 e. The van der Waals surface area contributed by atoms with Gasteiger partial charge in [0.15, 0.2) is 0 Å². The zero-order chi connectivity index (χ0) is 12.3. The second-order valence-corrected chi connectivity index (χ2v) is 4.99. The number of nitrogens with zero attached hydrogens (tertiary/aromatic N) is 1. The van der Waals surface area contributed by atoms with Crippen molar-refractivity contribution < 1.29 is 4.84 Å². The van der Waals surface area contributed by atoms with Crippen molar-refractivity contribution in [3.8, 4) is 11.3 Å². The number of rotatable bonds is 4. The highest BCUT2D eigenvalue weighted by Crippen LogP contribution is 2.24. The first kappa shape index (κ1) is 12.2. The molecule has 0 bridgehead atoms. The van der Waals surface area contributed by atoms with Crippen molar-refractivity contribution in [1.29, 1.82) is 0 Å². The molecule has 0 atom stereocenters. The van der Waals surface area contributed by atoms with Gasteiger partial charge in [-0.05, 0) is 31.0 Å². The number of benzene rings is 1. The average molecular weight is 248 g/mol. The SMILES string of the molecule is Cc1ccc(-c2csc(CCON)n2)cc1C. The lowest BCUT2D eigenvalue weighted by Gasteiger charge is -2.02. The van der Waals surface area contributed by atoms with Crippen LogP contribution in [0.25, 0.3) is 11.3 Å². The fourth-order valence-electron chi connectivity index (χ4n) is 1.61. The zero-order valence-corrected chi connectivity index (χ0v) is 10.9. The maximum Gasteiger partial charge on any atom is 0.0956 e. The summed E-state index contributed by atoms with van der Waals surface area (Å²) in [4.78, 5) is 9.13. The van der Waals surface area contributed by atoms with Gasteiger partial charge < -0.3 is 4.84 Å². The number of nitrogens with two attached hydrogens (primary N) is 1. The van der Waals surface area contributed by atoms with E-state index in [0.29, 0.717) is 6.61 Å².